The van der Waals surface area contributed by atoms with Crippen LogP contribution in [-0.2, 0) is 4.74 Å². The minimum absolute atomic E-state index is 0.240. The van der Waals surface area contributed by atoms with Crippen molar-refractivity contribution < 1.29 is 19.1 Å². The number of carbonyl (C=O) groups excluding carboxylic acids is 2. The third-order valence-electron chi connectivity index (χ3n) is 3.29. The molecule has 0 unspecified atom stereocenters. The molecule has 2 rings (SSSR count). The molecule has 6 heteroatoms. The van der Waals surface area contributed by atoms with E-state index in [1.807, 2.05) is 24.3 Å². The lowest BCUT2D eigenvalue weighted by Crippen LogP contribution is -2.34. The molecule has 0 aliphatic carbocycles. The summed E-state index contributed by atoms with van der Waals surface area (Å²) in [4.78, 5) is 22.8. The summed E-state index contributed by atoms with van der Waals surface area (Å²) >= 11 is 6.23. The molecule has 5 nitrogen and oxygen atoms in total. The quantitative estimate of drug-likeness (QED) is 0.586. The zero-order chi connectivity index (χ0) is 19.2. The predicted octanol–water partition coefficient (Wildman–Crippen LogP) is 4.72. The lowest BCUT2D eigenvalue weighted by Gasteiger charge is -2.19. The lowest BCUT2D eigenvalue weighted by molar-refractivity contribution is 0.0520. The van der Waals surface area contributed by atoms with Crippen LogP contribution in [0.25, 0.3) is 11.1 Å². The van der Waals surface area contributed by atoms with E-state index in [2.05, 4.69) is 5.32 Å². The molecule has 0 aliphatic rings. The summed E-state index contributed by atoms with van der Waals surface area (Å²) in [6.07, 6.45) is 0.256. The van der Waals surface area contributed by atoms with Crippen molar-refractivity contribution >= 4 is 24.0 Å². The van der Waals surface area contributed by atoms with Crippen LogP contribution < -0.4 is 10.1 Å². The van der Waals surface area contributed by atoms with E-state index in [0.29, 0.717) is 16.3 Å². The Morgan fingerprint density at radius 2 is 1.92 bits per heavy atom. The smallest absolute Gasteiger partial charge is 0.407 e. The van der Waals surface area contributed by atoms with E-state index in [9.17, 15) is 9.59 Å². The van der Waals surface area contributed by atoms with Crippen molar-refractivity contribution in [2.75, 3.05) is 13.2 Å². The molecule has 0 atom stereocenters. The van der Waals surface area contributed by atoms with Gasteiger partial charge in [0.15, 0.2) is 0 Å². The molecule has 0 aromatic heterocycles. The molecule has 0 saturated carbocycles. The average Bonchev–Trinajstić information content (AvgIpc) is 2.57. The number of aldehydes is 1. The van der Waals surface area contributed by atoms with Gasteiger partial charge in [-0.25, -0.2) is 4.79 Å². The Morgan fingerprint density at radius 3 is 2.58 bits per heavy atom. The highest BCUT2D eigenvalue weighted by Crippen LogP contribution is 2.31. The first-order valence-electron chi connectivity index (χ1n) is 8.23. The van der Waals surface area contributed by atoms with E-state index in [1.165, 1.54) is 0 Å². The first kappa shape index (κ1) is 19.8. The van der Waals surface area contributed by atoms with E-state index in [4.69, 9.17) is 21.1 Å². The molecule has 26 heavy (non-hydrogen) atoms. The van der Waals surface area contributed by atoms with E-state index in [-0.39, 0.29) is 13.2 Å². The average molecular weight is 376 g/mol. The zero-order valence-corrected chi connectivity index (χ0v) is 15.8. The van der Waals surface area contributed by atoms with Gasteiger partial charge in [0, 0.05) is 16.1 Å². The summed E-state index contributed by atoms with van der Waals surface area (Å²) in [5, 5.41) is 3.21. The number of hydrogen-bond acceptors (Lipinski definition) is 4. The predicted molar refractivity (Wildman–Crippen MR) is 102 cm³/mol. The van der Waals surface area contributed by atoms with E-state index in [1.54, 1.807) is 39.0 Å². The van der Waals surface area contributed by atoms with E-state index in [0.717, 1.165) is 17.4 Å². The molecular weight excluding hydrogens is 354 g/mol. The molecule has 0 spiro atoms. The summed E-state index contributed by atoms with van der Waals surface area (Å²) in [6.45, 7) is 5.91. The Balaban J connectivity index is 2.02. The highest BCUT2D eigenvalue weighted by atomic mass is 35.5. The van der Waals surface area contributed by atoms with Crippen LogP contribution in [0.15, 0.2) is 42.5 Å². The van der Waals surface area contributed by atoms with Crippen molar-refractivity contribution in [3.05, 3.63) is 53.1 Å². The fraction of sp³-hybridized carbons (Fsp3) is 0.300. The minimum atomic E-state index is -0.549. The number of halogens is 1. The van der Waals surface area contributed by atoms with Crippen molar-refractivity contribution in [3.8, 4) is 16.9 Å². The number of amides is 1. The van der Waals surface area contributed by atoms with E-state index < -0.39 is 11.7 Å². The Labute approximate surface area is 158 Å². The van der Waals surface area contributed by atoms with E-state index >= 15 is 0 Å². The number of alkyl carbamates (subject to hydrolysis) is 1. The van der Waals surface area contributed by atoms with Crippen molar-refractivity contribution in [1.82, 2.24) is 5.32 Å². The maximum Gasteiger partial charge on any atom is 0.407 e. The Bertz CT molecular complexity index is 784. The van der Waals surface area contributed by atoms with Gasteiger partial charge in [0.1, 0.15) is 24.2 Å². The number of carbonyl (C=O) groups is 2. The Kier molecular flexibility index (Phi) is 6.64. The van der Waals surface area contributed by atoms with Crippen LogP contribution in [-0.4, -0.2) is 31.1 Å². The molecule has 1 N–H and O–H groups in total. The summed E-state index contributed by atoms with van der Waals surface area (Å²) in [7, 11) is 0. The Morgan fingerprint density at radius 1 is 1.19 bits per heavy atom. The van der Waals surface area contributed by atoms with Crippen molar-refractivity contribution in [2.24, 2.45) is 0 Å². The first-order chi connectivity index (χ1) is 12.3. The van der Waals surface area contributed by atoms with Crippen molar-refractivity contribution in [1.29, 1.82) is 0 Å². The second-order valence-electron chi connectivity index (χ2n) is 6.67. The summed E-state index contributed by atoms with van der Waals surface area (Å²) < 4.78 is 10.8. The zero-order valence-electron chi connectivity index (χ0n) is 15.0. The molecule has 0 aliphatic heterocycles. The third-order valence-corrected chi connectivity index (χ3v) is 3.62. The Hall–Kier alpha value is -2.53. The standard InChI is InChI=1S/C20H22ClNO4/c1-20(2,3)26-19(24)22-8-9-25-16-11-14(13-23)10-15(12-16)17-6-4-5-7-18(17)21/h4-7,10-13H,8-9H2,1-3H3,(H,22,24). The number of benzene rings is 2. The second-order valence-corrected chi connectivity index (χ2v) is 7.07. The highest BCUT2D eigenvalue weighted by Gasteiger charge is 2.15. The molecule has 138 valence electrons. The van der Waals surface area contributed by atoms with Gasteiger partial charge in [0.2, 0.25) is 0 Å². The van der Waals surface area contributed by atoms with Crippen LogP contribution in [0.3, 0.4) is 0 Å². The van der Waals surface area contributed by atoms with Gasteiger partial charge in [-0.1, -0.05) is 29.8 Å². The van der Waals surface area contributed by atoms with Gasteiger partial charge in [-0.3, -0.25) is 4.79 Å². The van der Waals surface area contributed by atoms with Crippen LogP contribution in [0.5, 0.6) is 5.75 Å². The number of rotatable bonds is 6. The maximum atomic E-state index is 11.6. The van der Waals surface area contributed by atoms with Crippen LogP contribution in [0.1, 0.15) is 31.1 Å². The summed E-state index contributed by atoms with van der Waals surface area (Å²) in [6, 6.07) is 12.6. The molecule has 2 aromatic carbocycles. The van der Waals surface area contributed by atoms with Gasteiger partial charge < -0.3 is 14.8 Å². The monoisotopic (exact) mass is 375 g/mol. The molecule has 0 saturated heterocycles. The topological polar surface area (TPSA) is 64.6 Å². The van der Waals surface area contributed by atoms with Crippen LogP contribution in [0.2, 0.25) is 5.02 Å². The number of nitrogens with one attached hydrogen (secondary N) is 1. The largest absolute Gasteiger partial charge is 0.492 e. The normalized spacial score (nSPS) is 10.9. The molecule has 0 heterocycles. The molecular formula is C20H22ClNO4. The van der Waals surface area contributed by atoms with Gasteiger partial charge in [-0.05, 0) is 50.6 Å². The van der Waals surface area contributed by atoms with Crippen LogP contribution in [0, 0.1) is 0 Å². The summed E-state index contributed by atoms with van der Waals surface area (Å²) in [5.41, 5.74) is 1.54. The molecule has 2 aromatic rings. The van der Waals surface area contributed by atoms with Crippen LogP contribution in [0.4, 0.5) is 4.79 Å². The molecule has 0 radical (unpaired) electrons. The SMILES string of the molecule is CC(C)(C)OC(=O)NCCOc1cc(C=O)cc(-c2ccccc2Cl)c1. The fourth-order valence-corrected chi connectivity index (χ4v) is 2.51. The molecule has 1 amide bonds. The fourth-order valence-electron chi connectivity index (χ4n) is 2.26. The number of hydrogen-bond donors (Lipinski definition) is 1. The lowest BCUT2D eigenvalue weighted by atomic mass is 10.0. The van der Waals surface area contributed by atoms with Crippen molar-refractivity contribution in [2.45, 2.75) is 26.4 Å². The van der Waals surface area contributed by atoms with Gasteiger partial charge in [0.25, 0.3) is 0 Å². The molecule has 0 bridgehead atoms. The van der Waals surface area contributed by atoms with Crippen molar-refractivity contribution in [3.63, 3.8) is 0 Å². The molecule has 0 fully saturated rings. The number of ether oxygens (including phenoxy) is 2. The van der Waals surface area contributed by atoms with Gasteiger partial charge in [-0.15, -0.1) is 0 Å². The van der Waals surface area contributed by atoms with Gasteiger partial charge in [0.05, 0.1) is 6.54 Å². The highest BCUT2D eigenvalue weighted by molar-refractivity contribution is 6.33. The second kappa shape index (κ2) is 8.72. The van der Waals surface area contributed by atoms with Crippen LogP contribution >= 0.6 is 11.6 Å². The maximum absolute atomic E-state index is 11.6. The summed E-state index contributed by atoms with van der Waals surface area (Å²) in [5.74, 6) is 0.524. The minimum Gasteiger partial charge on any atom is -0.492 e. The van der Waals surface area contributed by atoms with Gasteiger partial charge in [-0.2, -0.15) is 0 Å². The van der Waals surface area contributed by atoms with Gasteiger partial charge >= 0.3 is 6.09 Å². The third kappa shape index (κ3) is 6.08. The first-order valence-corrected chi connectivity index (χ1v) is 8.61.